The topological polar surface area (TPSA) is 35.5 Å². The molecule has 0 radical (unpaired) electrons. The highest BCUT2D eigenvalue weighted by Crippen LogP contribution is 2.36. The molecule has 1 atom stereocenters. The molecule has 0 aromatic heterocycles. The van der Waals surface area contributed by atoms with Gasteiger partial charge in [0.1, 0.15) is 0 Å². The molecule has 4 heteroatoms. The van der Waals surface area contributed by atoms with E-state index in [-0.39, 0.29) is 11.0 Å². The molecule has 0 aliphatic carbocycles. The van der Waals surface area contributed by atoms with Gasteiger partial charge in [-0.2, -0.15) is 0 Å². The Kier molecular flexibility index (Phi) is 9.29. The zero-order chi connectivity index (χ0) is 17.2. The van der Waals surface area contributed by atoms with Crippen molar-refractivity contribution in [3.05, 3.63) is 36.5 Å². The Hall–Kier alpha value is -1.13. The van der Waals surface area contributed by atoms with Gasteiger partial charge in [0.2, 0.25) is 0 Å². The van der Waals surface area contributed by atoms with Crippen LogP contribution in [0.2, 0.25) is 18.1 Å². The van der Waals surface area contributed by atoms with E-state index < -0.39 is 8.32 Å². The van der Waals surface area contributed by atoms with E-state index in [1.165, 1.54) is 6.08 Å². The molecule has 3 nitrogen and oxygen atoms in total. The maximum absolute atomic E-state index is 11.1. The van der Waals surface area contributed by atoms with Gasteiger partial charge in [-0.25, -0.2) is 4.79 Å². The molecule has 0 aromatic rings. The molecule has 0 aliphatic rings. The van der Waals surface area contributed by atoms with Crippen molar-refractivity contribution in [1.29, 1.82) is 0 Å². The van der Waals surface area contributed by atoms with Crippen molar-refractivity contribution in [2.45, 2.75) is 52.8 Å². The molecule has 0 spiro atoms. The van der Waals surface area contributed by atoms with Crippen molar-refractivity contribution in [2.24, 2.45) is 5.92 Å². The summed E-state index contributed by atoms with van der Waals surface area (Å²) in [6.45, 7) is 16.4. The summed E-state index contributed by atoms with van der Waals surface area (Å²) in [4.78, 5) is 11.1. The van der Waals surface area contributed by atoms with E-state index >= 15 is 0 Å². The molecule has 126 valence electrons. The second-order valence-corrected chi connectivity index (χ2v) is 11.7. The zero-order valence-corrected chi connectivity index (χ0v) is 16.2. The molecule has 0 N–H and O–H groups in total. The SMILES string of the molecule is CCOC(=O)/C=C/C=C/C=C/C(C)CO[Si](C)(C)C(C)(C)C. The Morgan fingerprint density at radius 3 is 2.27 bits per heavy atom. The van der Waals surface area contributed by atoms with Crippen molar-refractivity contribution < 1.29 is 14.0 Å². The van der Waals surface area contributed by atoms with Crippen LogP contribution in [0.15, 0.2) is 36.5 Å². The Morgan fingerprint density at radius 2 is 1.73 bits per heavy atom. The van der Waals surface area contributed by atoms with E-state index in [4.69, 9.17) is 9.16 Å². The van der Waals surface area contributed by atoms with Gasteiger partial charge < -0.3 is 9.16 Å². The van der Waals surface area contributed by atoms with Gasteiger partial charge in [-0.05, 0) is 31.0 Å². The lowest BCUT2D eigenvalue weighted by Crippen LogP contribution is -2.41. The molecule has 0 aliphatic heterocycles. The standard InChI is InChI=1S/C18H32O3Si/c1-8-20-17(19)14-12-10-9-11-13-16(2)15-21-22(6,7)18(3,4)5/h9-14,16H,8,15H2,1-7H3/b10-9+,13-11+,14-12+. The Bertz CT molecular complexity index is 415. The fourth-order valence-corrected chi connectivity index (χ4v) is 2.43. The van der Waals surface area contributed by atoms with Gasteiger partial charge in [0.15, 0.2) is 8.32 Å². The molecule has 0 amide bonds. The number of rotatable bonds is 8. The van der Waals surface area contributed by atoms with Gasteiger partial charge in [-0.1, -0.05) is 58.1 Å². The van der Waals surface area contributed by atoms with E-state index in [1.807, 2.05) is 18.2 Å². The predicted molar refractivity (Wildman–Crippen MR) is 96.4 cm³/mol. The van der Waals surface area contributed by atoms with E-state index in [2.05, 4.69) is 46.9 Å². The normalized spacial score (nSPS) is 15.0. The molecular formula is C18H32O3Si. The summed E-state index contributed by atoms with van der Waals surface area (Å²) in [5.74, 6) is 0.0556. The van der Waals surface area contributed by atoms with Gasteiger partial charge in [-0.15, -0.1) is 0 Å². The third-order valence-corrected chi connectivity index (χ3v) is 8.31. The maximum atomic E-state index is 11.1. The minimum absolute atomic E-state index is 0.244. The summed E-state index contributed by atoms with van der Waals surface area (Å²) >= 11 is 0. The van der Waals surface area contributed by atoms with Gasteiger partial charge in [0, 0.05) is 12.7 Å². The van der Waals surface area contributed by atoms with Crippen molar-refractivity contribution in [1.82, 2.24) is 0 Å². The van der Waals surface area contributed by atoms with Gasteiger partial charge in [0.05, 0.1) is 6.61 Å². The maximum Gasteiger partial charge on any atom is 0.330 e. The van der Waals surface area contributed by atoms with Crippen LogP contribution in [0.25, 0.3) is 0 Å². The first-order valence-electron chi connectivity index (χ1n) is 7.92. The molecule has 0 bridgehead atoms. The fourth-order valence-electron chi connectivity index (χ4n) is 1.32. The van der Waals surface area contributed by atoms with E-state index in [0.29, 0.717) is 12.5 Å². The van der Waals surface area contributed by atoms with Gasteiger partial charge in [-0.3, -0.25) is 0 Å². The largest absolute Gasteiger partial charge is 0.463 e. The number of hydrogen-bond acceptors (Lipinski definition) is 3. The average molecular weight is 325 g/mol. The molecule has 0 rings (SSSR count). The Morgan fingerprint density at radius 1 is 1.14 bits per heavy atom. The first kappa shape index (κ1) is 20.9. The number of allylic oxidation sites excluding steroid dienone is 4. The summed E-state index contributed by atoms with van der Waals surface area (Å²) in [5, 5.41) is 0.244. The van der Waals surface area contributed by atoms with Crippen LogP contribution in [0, 0.1) is 5.92 Å². The highest BCUT2D eigenvalue weighted by molar-refractivity contribution is 6.74. The van der Waals surface area contributed by atoms with Crippen LogP contribution in [0.5, 0.6) is 0 Å². The zero-order valence-electron chi connectivity index (χ0n) is 15.2. The lowest BCUT2D eigenvalue weighted by Gasteiger charge is -2.36. The molecule has 0 fully saturated rings. The highest BCUT2D eigenvalue weighted by Gasteiger charge is 2.37. The lowest BCUT2D eigenvalue weighted by molar-refractivity contribution is -0.137. The van der Waals surface area contributed by atoms with Crippen LogP contribution in [-0.2, 0) is 14.0 Å². The predicted octanol–water partition coefficient (Wildman–Crippen LogP) is 4.88. The Balaban J connectivity index is 4.17. The van der Waals surface area contributed by atoms with Crippen LogP contribution in [0.3, 0.4) is 0 Å². The summed E-state index contributed by atoms with van der Waals surface area (Å²) in [6.07, 6.45) is 10.9. The number of carbonyl (C=O) groups is 1. The highest BCUT2D eigenvalue weighted by atomic mass is 28.4. The van der Waals surface area contributed by atoms with Crippen LogP contribution in [0.1, 0.15) is 34.6 Å². The average Bonchev–Trinajstić information content (AvgIpc) is 2.39. The quantitative estimate of drug-likeness (QED) is 0.276. The molecule has 1 unspecified atom stereocenters. The van der Waals surface area contributed by atoms with Crippen LogP contribution >= 0.6 is 0 Å². The smallest absolute Gasteiger partial charge is 0.330 e. The third kappa shape index (κ3) is 9.00. The first-order valence-corrected chi connectivity index (χ1v) is 10.8. The molecule has 0 saturated heterocycles. The Labute approximate surface area is 137 Å². The van der Waals surface area contributed by atoms with Gasteiger partial charge in [0.25, 0.3) is 0 Å². The first-order chi connectivity index (χ1) is 10.1. The molecule has 0 aromatic carbocycles. The fraction of sp³-hybridized carbons (Fsp3) is 0.611. The summed E-state index contributed by atoms with van der Waals surface area (Å²) in [7, 11) is -1.66. The van der Waals surface area contributed by atoms with E-state index in [9.17, 15) is 4.79 Å². The third-order valence-electron chi connectivity index (χ3n) is 3.81. The number of esters is 1. The minimum Gasteiger partial charge on any atom is -0.463 e. The number of carbonyl (C=O) groups excluding carboxylic acids is 1. The molecule has 0 saturated carbocycles. The summed E-state index contributed by atoms with van der Waals surface area (Å²) in [6, 6.07) is 0. The second kappa shape index (κ2) is 9.80. The second-order valence-electron chi connectivity index (χ2n) is 6.93. The van der Waals surface area contributed by atoms with Gasteiger partial charge >= 0.3 is 5.97 Å². The molecule has 22 heavy (non-hydrogen) atoms. The number of hydrogen-bond donors (Lipinski definition) is 0. The lowest BCUT2D eigenvalue weighted by atomic mass is 10.2. The van der Waals surface area contributed by atoms with E-state index in [1.54, 1.807) is 13.0 Å². The molecule has 0 heterocycles. The van der Waals surface area contributed by atoms with Crippen LogP contribution < -0.4 is 0 Å². The van der Waals surface area contributed by atoms with Crippen molar-refractivity contribution in [3.8, 4) is 0 Å². The summed E-state index contributed by atoms with van der Waals surface area (Å²) < 4.78 is 11.0. The van der Waals surface area contributed by atoms with Crippen LogP contribution in [-0.4, -0.2) is 27.5 Å². The van der Waals surface area contributed by atoms with Crippen LogP contribution in [0.4, 0.5) is 0 Å². The molecular weight excluding hydrogens is 292 g/mol. The van der Waals surface area contributed by atoms with Crippen molar-refractivity contribution in [2.75, 3.05) is 13.2 Å². The monoisotopic (exact) mass is 324 g/mol. The minimum atomic E-state index is -1.66. The van der Waals surface area contributed by atoms with Crippen molar-refractivity contribution in [3.63, 3.8) is 0 Å². The number of ether oxygens (including phenoxy) is 1. The summed E-state index contributed by atoms with van der Waals surface area (Å²) in [5.41, 5.74) is 0. The van der Waals surface area contributed by atoms with E-state index in [0.717, 1.165) is 6.61 Å². The van der Waals surface area contributed by atoms with Crippen molar-refractivity contribution >= 4 is 14.3 Å².